The van der Waals surface area contributed by atoms with Crippen molar-refractivity contribution in [3.05, 3.63) is 65.5 Å². The molecule has 0 spiro atoms. The van der Waals surface area contributed by atoms with Crippen LogP contribution < -0.4 is 21.3 Å². The second kappa shape index (κ2) is 11.8. The zero-order chi connectivity index (χ0) is 23.5. The lowest BCUT2D eigenvalue weighted by atomic mass is 10.2. The second-order valence-electron chi connectivity index (χ2n) is 6.93. The van der Waals surface area contributed by atoms with E-state index in [1.165, 1.54) is 0 Å². The number of carbonyl (C=O) groups is 1. The molecule has 0 radical (unpaired) electrons. The van der Waals surface area contributed by atoms with Gasteiger partial charge in [0.05, 0.1) is 29.9 Å². The molecule has 0 unspecified atom stereocenters. The smallest absolute Gasteiger partial charge is 0.239 e. The van der Waals surface area contributed by atoms with E-state index in [2.05, 4.69) is 61.1 Å². The summed E-state index contributed by atoms with van der Waals surface area (Å²) in [5, 5.41) is 20.8. The van der Waals surface area contributed by atoms with Crippen LogP contribution in [-0.4, -0.2) is 41.0 Å². The Morgan fingerprint density at radius 1 is 1.09 bits per heavy atom. The Morgan fingerprint density at radius 2 is 1.91 bits per heavy atom. The van der Waals surface area contributed by atoms with Gasteiger partial charge in [0.2, 0.25) is 11.9 Å². The van der Waals surface area contributed by atoms with E-state index in [9.17, 15) is 4.79 Å². The van der Waals surface area contributed by atoms with Crippen molar-refractivity contribution in [2.24, 2.45) is 0 Å². The van der Waals surface area contributed by atoms with Gasteiger partial charge >= 0.3 is 0 Å². The van der Waals surface area contributed by atoms with Gasteiger partial charge in [-0.1, -0.05) is 18.9 Å². The van der Waals surface area contributed by atoms with Crippen LogP contribution >= 0.6 is 0 Å². The van der Waals surface area contributed by atoms with Crippen molar-refractivity contribution in [2.75, 3.05) is 36.1 Å². The first-order valence-corrected chi connectivity index (χ1v) is 10.4. The maximum atomic E-state index is 11.7. The van der Waals surface area contributed by atoms with Crippen LogP contribution in [0.5, 0.6) is 0 Å². The van der Waals surface area contributed by atoms with Crippen LogP contribution in [0.3, 0.4) is 0 Å². The Hall–Kier alpha value is -4.47. The molecule has 1 aromatic carbocycles. The lowest BCUT2D eigenvalue weighted by molar-refractivity contribution is -0.115. The number of rotatable bonds is 8. The van der Waals surface area contributed by atoms with Crippen LogP contribution in [-0.2, 0) is 4.79 Å². The van der Waals surface area contributed by atoms with Gasteiger partial charge in [0, 0.05) is 12.2 Å². The van der Waals surface area contributed by atoms with Gasteiger partial charge in [-0.05, 0) is 55.8 Å². The third kappa shape index (κ3) is 7.03. The summed E-state index contributed by atoms with van der Waals surface area (Å²) in [5.74, 6) is 7.34. The number of pyridine rings is 1. The molecule has 9 heteroatoms. The molecule has 0 bridgehead atoms. The fourth-order valence-corrected chi connectivity index (χ4v) is 2.72. The molecule has 0 fully saturated rings. The molecule has 166 valence electrons. The van der Waals surface area contributed by atoms with E-state index >= 15 is 0 Å². The molecule has 0 saturated heterocycles. The van der Waals surface area contributed by atoms with Gasteiger partial charge in [0.15, 0.2) is 0 Å². The van der Waals surface area contributed by atoms with E-state index in [0.29, 0.717) is 34.4 Å². The fraction of sp³-hybridized carbons (Fsp3) is 0.208. The molecule has 0 aliphatic heterocycles. The van der Waals surface area contributed by atoms with Gasteiger partial charge in [0.25, 0.3) is 0 Å². The van der Waals surface area contributed by atoms with Gasteiger partial charge in [-0.15, -0.1) is 0 Å². The molecule has 0 aliphatic rings. The Kier molecular flexibility index (Phi) is 8.29. The second-order valence-corrected chi connectivity index (χ2v) is 6.93. The number of nitriles is 1. The van der Waals surface area contributed by atoms with Crippen molar-refractivity contribution in [2.45, 2.75) is 13.3 Å². The van der Waals surface area contributed by atoms with Crippen LogP contribution in [0.2, 0.25) is 0 Å². The van der Waals surface area contributed by atoms with Crippen molar-refractivity contribution in [3.8, 4) is 17.9 Å². The van der Waals surface area contributed by atoms with E-state index in [0.717, 1.165) is 18.7 Å². The molecule has 0 aliphatic carbocycles. The fourth-order valence-electron chi connectivity index (χ4n) is 2.72. The quantitative estimate of drug-likeness (QED) is 0.394. The van der Waals surface area contributed by atoms with E-state index in [1.54, 1.807) is 55.7 Å². The molecule has 0 saturated carbocycles. The van der Waals surface area contributed by atoms with Gasteiger partial charge in [-0.2, -0.15) is 10.2 Å². The van der Waals surface area contributed by atoms with Gasteiger partial charge < -0.3 is 21.3 Å². The zero-order valence-electron chi connectivity index (χ0n) is 18.4. The molecule has 4 N–H and O–H groups in total. The topological polar surface area (TPSA) is 128 Å². The predicted octanol–water partition coefficient (Wildman–Crippen LogP) is 2.87. The summed E-state index contributed by atoms with van der Waals surface area (Å²) in [6.07, 6.45) is 2.56. The maximum absolute atomic E-state index is 11.7. The number of likely N-dealkylation sites (N-methyl/N-ethyl adjacent to an activating group) is 1. The summed E-state index contributed by atoms with van der Waals surface area (Å²) in [4.78, 5) is 25.0. The molecular weight excluding hydrogens is 416 g/mol. The predicted molar refractivity (Wildman–Crippen MR) is 128 cm³/mol. The average Bonchev–Trinajstić information content (AvgIpc) is 2.83. The monoisotopic (exact) mass is 440 g/mol. The van der Waals surface area contributed by atoms with E-state index in [4.69, 9.17) is 5.26 Å². The van der Waals surface area contributed by atoms with Crippen LogP contribution in [0.4, 0.5) is 23.3 Å². The summed E-state index contributed by atoms with van der Waals surface area (Å²) in [7, 11) is 1.70. The molecule has 9 nitrogen and oxygen atoms in total. The first kappa shape index (κ1) is 23.2. The van der Waals surface area contributed by atoms with Crippen molar-refractivity contribution in [1.82, 2.24) is 20.3 Å². The minimum Gasteiger partial charge on any atom is -0.369 e. The van der Waals surface area contributed by atoms with Crippen molar-refractivity contribution in [1.29, 1.82) is 5.26 Å². The third-order valence-corrected chi connectivity index (χ3v) is 4.28. The maximum Gasteiger partial charge on any atom is 0.239 e. The largest absolute Gasteiger partial charge is 0.369 e. The minimum absolute atomic E-state index is 0.181. The summed E-state index contributed by atoms with van der Waals surface area (Å²) in [6, 6.07) is 14.4. The number of carbonyl (C=O) groups excluding carboxylic acids is 1. The molecule has 1 amide bonds. The van der Waals surface area contributed by atoms with Crippen LogP contribution in [0.25, 0.3) is 0 Å². The molecule has 3 aromatic rings. The SMILES string of the molecule is CCCNc1nc(Nc2ccc(C#N)cc2)ncc1C#Cc1cccc(NC(=O)CNC)n1. The summed E-state index contributed by atoms with van der Waals surface area (Å²) < 4.78 is 0. The molecule has 2 aromatic heterocycles. The standard InChI is InChI=1S/C24H24N8O/c1-3-13-27-23-18(9-12-19-5-4-6-21(29-19)31-22(33)16-26-2)15-28-24(32-23)30-20-10-7-17(14-25)8-11-20/h4-8,10-11,15,26H,3,13,16H2,1-2H3,(H,29,31,33)(H2,27,28,30,32). The molecular formula is C24H24N8O. The molecule has 2 heterocycles. The van der Waals surface area contributed by atoms with Gasteiger partial charge in [-0.25, -0.2) is 9.97 Å². The normalized spacial score (nSPS) is 9.85. The van der Waals surface area contributed by atoms with E-state index in [-0.39, 0.29) is 12.5 Å². The highest BCUT2D eigenvalue weighted by Crippen LogP contribution is 2.18. The number of hydrogen-bond acceptors (Lipinski definition) is 8. The van der Waals surface area contributed by atoms with Gasteiger partial charge in [-0.3, -0.25) is 4.79 Å². The van der Waals surface area contributed by atoms with E-state index < -0.39 is 0 Å². The van der Waals surface area contributed by atoms with Crippen molar-refractivity contribution < 1.29 is 4.79 Å². The van der Waals surface area contributed by atoms with Crippen molar-refractivity contribution in [3.63, 3.8) is 0 Å². The number of benzene rings is 1. The zero-order valence-corrected chi connectivity index (χ0v) is 18.4. The highest BCUT2D eigenvalue weighted by atomic mass is 16.1. The molecule has 0 atom stereocenters. The first-order chi connectivity index (χ1) is 16.1. The Labute approximate surface area is 192 Å². The Bertz CT molecular complexity index is 1210. The number of nitrogens with one attached hydrogen (secondary N) is 4. The number of aromatic nitrogens is 3. The summed E-state index contributed by atoms with van der Waals surface area (Å²) in [6.45, 7) is 2.99. The number of nitrogens with zero attached hydrogens (tertiary/aromatic N) is 4. The van der Waals surface area contributed by atoms with Crippen LogP contribution in [0.1, 0.15) is 30.2 Å². The number of anilines is 4. The Balaban J connectivity index is 1.81. The number of amides is 1. The summed E-state index contributed by atoms with van der Waals surface area (Å²) in [5.41, 5.74) is 2.49. The average molecular weight is 441 g/mol. The van der Waals surface area contributed by atoms with Crippen molar-refractivity contribution >= 4 is 29.2 Å². The summed E-state index contributed by atoms with van der Waals surface area (Å²) >= 11 is 0. The lowest BCUT2D eigenvalue weighted by Gasteiger charge is -2.10. The molecule has 33 heavy (non-hydrogen) atoms. The lowest BCUT2D eigenvalue weighted by Crippen LogP contribution is -2.25. The Morgan fingerprint density at radius 3 is 2.64 bits per heavy atom. The third-order valence-electron chi connectivity index (χ3n) is 4.28. The minimum atomic E-state index is -0.181. The number of hydrogen-bond donors (Lipinski definition) is 4. The highest BCUT2D eigenvalue weighted by Gasteiger charge is 2.07. The van der Waals surface area contributed by atoms with E-state index in [1.807, 2.05) is 0 Å². The first-order valence-electron chi connectivity index (χ1n) is 10.4. The highest BCUT2D eigenvalue weighted by molar-refractivity contribution is 5.91. The molecule has 3 rings (SSSR count). The van der Waals surface area contributed by atoms with Crippen LogP contribution in [0.15, 0.2) is 48.7 Å². The van der Waals surface area contributed by atoms with Gasteiger partial charge in [0.1, 0.15) is 17.3 Å². The van der Waals surface area contributed by atoms with Crippen LogP contribution in [0, 0.1) is 23.2 Å².